The molecule has 1 heterocycles. The third kappa shape index (κ3) is 18.8. The third-order valence-corrected chi connectivity index (χ3v) is 11.7. The van der Waals surface area contributed by atoms with Crippen LogP contribution >= 0.6 is 58.8 Å². The lowest BCUT2D eigenvalue weighted by Crippen LogP contribution is -2.33. The molecule has 388 valence electrons. The SMILES string of the molecule is C.C.C.C.CCOC(=O)C(=O)C1CCCCC/C(=C\c2ccc(F)cc2)C1=O.CCOC(=O)c1nn(-c2ccc(Cl)cc2Cl)c2c1CCCCC/C2=C\c1ccc(F)cc1.Cl.NNc1ccc(Cl)cc1Cl. The number of hydrogen-bond donors (Lipinski definition) is 2. The van der Waals surface area contributed by atoms with Gasteiger partial charge in [0.2, 0.25) is 0 Å². The number of nitrogens with two attached hydrogens (primary N) is 1. The average Bonchev–Trinajstić information content (AvgIpc) is 3.65. The molecule has 0 aliphatic heterocycles. The molecule has 1 saturated carbocycles. The van der Waals surface area contributed by atoms with E-state index in [9.17, 15) is 28.0 Å². The largest absolute Gasteiger partial charge is 0.461 e. The number of nitrogens with one attached hydrogen (secondary N) is 1. The molecule has 1 unspecified atom stereocenters. The quantitative estimate of drug-likeness (QED) is 0.0368. The second-order valence-electron chi connectivity index (χ2n) is 15.3. The molecule has 5 aromatic rings. The first-order chi connectivity index (χ1) is 31.7. The number of ketones is 2. The Morgan fingerprint density at radius 3 is 1.75 bits per heavy atom. The minimum atomic E-state index is -0.976. The molecular formula is C54H67Cl5F2N4O6. The maximum Gasteiger partial charge on any atom is 0.375 e. The van der Waals surface area contributed by atoms with Crippen molar-refractivity contribution in [2.45, 2.75) is 108 Å². The molecule has 71 heavy (non-hydrogen) atoms. The summed E-state index contributed by atoms with van der Waals surface area (Å²) in [6.07, 6.45) is 11.6. The summed E-state index contributed by atoms with van der Waals surface area (Å²) in [7, 11) is 0. The number of ether oxygens (including phenoxy) is 2. The van der Waals surface area contributed by atoms with Crippen LogP contribution in [0.4, 0.5) is 14.5 Å². The maximum atomic E-state index is 13.4. The highest BCUT2D eigenvalue weighted by molar-refractivity contribution is 6.39. The van der Waals surface area contributed by atoms with Crippen LogP contribution in [0.25, 0.3) is 23.4 Å². The molecule has 7 rings (SSSR count). The van der Waals surface area contributed by atoms with Crippen LogP contribution in [-0.2, 0) is 30.3 Å². The van der Waals surface area contributed by atoms with Crippen molar-refractivity contribution < 1.29 is 37.4 Å². The molecule has 3 N–H and O–H groups in total. The summed E-state index contributed by atoms with van der Waals surface area (Å²) < 4.78 is 38.2. The Hall–Kier alpha value is -5.08. The number of carbonyl (C=O) groups is 4. The summed E-state index contributed by atoms with van der Waals surface area (Å²) in [5.41, 5.74) is 8.82. The first kappa shape index (κ1) is 65.9. The zero-order chi connectivity index (χ0) is 47.8. The smallest absolute Gasteiger partial charge is 0.375 e. The van der Waals surface area contributed by atoms with E-state index in [1.165, 1.54) is 24.3 Å². The second-order valence-corrected chi connectivity index (χ2v) is 17.0. The molecule has 1 fully saturated rings. The van der Waals surface area contributed by atoms with Gasteiger partial charge in [-0.3, -0.25) is 15.4 Å². The number of carbonyl (C=O) groups excluding carboxylic acids is 4. The Morgan fingerprint density at radius 2 is 1.21 bits per heavy atom. The number of allylic oxidation sites excluding steroid dienone is 2. The van der Waals surface area contributed by atoms with E-state index in [4.69, 9.17) is 61.7 Å². The fourth-order valence-corrected chi connectivity index (χ4v) is 8.40. The van der Waals surface area contributed by atoms with Crippen molar-refractivity contribution in [2.75, 3.05) is 18.6 Å². The van der Waals surface area contributed by atoms with Crippen LogP contribution in [0.2, 0.25) is 20.1 Å². The molecule has 2 aliphatic rings. The standard InChI is InChI=1S/C25H23Cl2FN2O2.C19H21FO4.C6H6Cl2N2.4CH4.ClH/c1-2-32-25(31)23-20-7-5-3-4-6-17(14-16-8-11-19(28)12-9-16)24(20)30(29-23)22-13-10-18(26)15-21(22)27;1-2-24-19(23)18(22)16-7-5-3-4-6-14(17(16)21)12-13-8-10-15(20)11-9-13;7-4-1-2-6(10-9)5(8)3-4;;;;;/h8-15H,2-7H2,1H3;8-12,16H,2-7H2,1H3;1-3,10H,9H2;4*1H4;1H/b17-14+;14-12+;;;;;;. The third-order valence-electron chi connectivity index (χ3n) is 10.6. The highest BCUT2D eigenvalue weighted by Gasteiger charge is 2.34. The molecule has 4 aromatic carbocycles. The number of Topliss-reactive ketones (excluding diaryl/α,β-unsaturated/α-hetero) is 2. The molecule has 0 amide bonds. The summed E-state index contributed by atoms with van der Waals surface area (Å²) in [4.78, 5) is 49.5. The molecule has 0 saturated heterocycles. The maximum absolute atomic E-state index is 13.4. The van der Waals surface area contributed by atoms with Gasteiger partial charge in [-0.2, -0.15) is 5.10 Å². The van der Waals surface area contributed by atoms with Gasteiger partial charge in [-0.15, -0.1) is 12.4 Å². The van der Waals surface area contributed by atoms with Gasteiger partial charge in [0.25, 0.3) is 5.78 Å². The first-order valence-corrected chi connectivity index (χ1v) is 23.1. The number of esters is 2. The Morgan fingerprint density at radius 1 is 0.704 bits per heavy atom. The zero-order valence-corrected chi connectivity index (χ0v) is 40.7. The van der Waals surface area contributed by atoms with Crippen LogP contribution in [0, 0.1) is 17.6 Å². The lowest BCUT2D eigenvalue weighted by atomic mass is 9.83. The van der Waals surface area contributed by atoms with E-state index in [1.807, 2.05) is 6.08 Å². The Kier molecular flexibility index (Phi) is 30.5. The zero-order valence-electron chi connectivity index (χ0n) is 36.9. The van der Waals surface area contributed by atoms with Gasteiger partial charge in [0.15, 0.2) is 11.5 Å². The number of aromatic nitrogens is 2. The van der Waals surface area contributed by atoms with E-state index in [1.54, 1.807) is 85.3 Å². The van der Waals surface area contributed by atoms with Crippen LogP contribution in [0.3, 0.4) is 0 Å². The van der Waals surface area contributed by atoms with Gasteiger partial charge in [-0.25, -0.2) is 23.1 Å². The molecule has 1 aromatic heterocycles. The lowest BCUT2D eigenvalue weighted by molar-refractivity contribution is -0.156. The summed E-state index contributed by atoms with van der Waals surface area (Å²) in [5, 5.41) is 6.75. The van der Waals surface area contributed by atoms with Crippen LogP contribution in [0.15, 0.2) is 90.5 Å². The summed E-state index contributed by atoms with van der Waals surface area (Å²) in [6.45, 7) is 3.75. The Labute approximate surface area is 444 Å². The average molecular weight is 1080 g/mol. The van der Waals surface area contributed by atoms with Crippen LogP contribution in [-0.4, -0.2) is 46.5 Å². The summed E-state index contributed by atoms with van der Waals surface area (Å²) in [6, 6.07) is 22.4. The van der Waals surface area contributed by atoms with Crippen molar-refractivity contribution in [1.82, 2.24) is 9.78 Å². The van der Waals surface area contributed by atoms with Crippen LogP contribution < -0.4 is 11.3 Å². The van der Waals surface area contributed by atoms with Gasteiger partial charge in [0.05, 0.1) is 46.2 Å². The minimum Gasteiger partial charge on any atom is -0.461 e. The lowest BCUT2D eigenvalue weighted by Gasteiger charge is -2.19. The number of nitrogens with zero attached hydrogens (tertiary/aromatic N) is 2. The first-order valence-electron chi connectivity index (χ1n) is 21.6. The number of benzene rings is 4. The van der Waals surface area contributed by atoms with Gasteiger partial charge >= 0.3 is 11.9 Å². The molecule has 0 bridgehead atoms. The Balaban J connectivity index is 0.00000112. The fraction of sp³-hybridized carbons (Fsp3) is 0.352. The van der Waals surface area contributed by atoms with Crippen molar-refractivity contribution >= 4 is 106 Å². The predicted molar refractivity (Wildman–Crippen MR) is 292 cm³/mol. The normalized spacial score (nSPS) is 15.1. The molecule has 2 aliphatic carbocycles. The van der Waals surface area contributed by atoms with Gasteiger partial charge in [0, 0.05) is 15.6 Å². The molecule has 17 heteroatoms. The predicted octanol–water partition coefficient (Wildman–Crippen LogP) is 15.9. The fourth-order valence-electron chi connectivity index (χ4n) is 7.44. The second kappa shape index (κ2) is 32.8. The molecule has 0 spiro atoms. The number of fused-ring (bicyclic) bond motifs is 1. The van der Waals surface area contributed by atoms with Gasteiger partial charge < -0.3 is 14.9 Å². The van der Waals surface area contributed by atoms with E-state index >= 15 is 0 Å². The van der Waals surface area contributed by atoms with E-state index < -0.39 is 23.6 Å². The number of halogens is 7. The van der Waals surface area contributed by atoms with Crippen LogP contribution in [0.1, 0.15) is 134 Å². The summed E-state index contributed by atoms with van der Waals surface area (Å²) >= 11 is 24.0. The van der Waals surface area contributed by atoms with Crippen molar-refractivity contribution in [2.24, 2.45) is 11.8 Å². The van der Waals surface area contributed by atoms with Crippen molar-refractivity contribution in [3.8, 4) is 5.69 Å². The molecule has 0 radical (unpaired) electrons. The highest BCUT2D eigenvalue weighted by atomic mass is 35.5. The molecular weight excluding hydrogens is 1020 g/mol. The monoisotopic (exact) mass is 1080 g/mol. The van der Waals surface area contributed by atoms with Gasteiger partial charge in [-0.05, 0) is 154 Å². The van der Waals surface area contributed by atoms with E-state index in [-0.39, 0.29) is 72.7 Å². The topological polar surface area (TPSA) is 143 Å². The molecule has 10 nitrogen and oxygen atoms in total. The number of anilines is 1. The Bertz CT molecular complexity index is 2570. The minimum absolute atomic E-state index is 0. The van der Waals surface area contributed by atoms with Crippen molar-refractivity contribution in [3.63, 3.8) is 0 Å². The van der Waals surface area contributed by atoms with Crippen molar-refractivity contribution in [1.29, 1.82) is 0 Å². The van der Waals surface area contributed by atoms with Crippen molar-refractivity contribution in [3.05, 3.63) is 150 Å². The van der Waals surface area contributed by atoms with E-state index in [2.05, 4.69) is 10.5 Å². The van der Waals surface area contributed by atoms with Gasteiger partial charge in [0.1, 0.15) is 11.6 Å². The van der Waals surface area contributed by atoms with Gasteiger partial charge in [-0.1, -0.05) is 120 Å². The number of hydrazine groups is 1. The van der Waals surface area contributed by atoms with E-state index in [0.29, 0.717) is 67.6 Å². The van der Waals surface area contributed by atoms with E-state index in [0.717, 1.165) is 67.3 Å². The van der Waals surface area contributed by atoms with Crippen LogP contribution in [0.5, 0.6) is 0 Å². The number of rotatable bonds is 9. The number of hydrogen-bond acceptors (Lipinski definition) is 9. The summed E-state index contributed by atoms with van der Waals surface area (Å²) in [5.74, 6) is 1.02. The molecule has 1 atom stereocenters. The highest BCUT2D eigenvalue weighted by Crippen LogP contribution is 2.37. The number of nitrogen functional groups attached to an aromatic ring is 1.